The number of hydrogen-bond donors (Lipinski definition) is 1. The van der Waals surface area contributed by atoms with Crippen molar-refractivity contribution in [1.29, 1.82) is 0 Å². The van der Waals surface area contributed by atoms with Gasteiger partial charge in [-0.1, -0.05) is 34.1 Å². The number of benzene rings is 1. The van der Waals surface area contributed by atoms with Crippen molar-refractivity contribution in [2.24, 2.45) is 22.7 Å². The summed E-state index contributed by atoms with van der Waals surface area (Å²) in [6.07, 6.45) is 7.66. The van der Waals surface area contributed by atoms with E-state index in [4.69, 9.17) is 4.52 Å². The van der Waals surface area contributed by atoms with Crippen LogP contribution in [0.3, 0.4) is 0 Å². The van der Waals surface area contributed by atoms with E-state index in [2.05, 4.69) is 34.6 Å². The summed E-state index contributed by atoms with van der Waals surface area (Å²) < 4.78 is 17.1. The van der Waals surface area contributed by atoms with E-state index in [0.717, 1.165) is 12.3 Å². The monoisotopic (exact) mass is 390 g/mol. The molecule has 0 radical (unpaired) electrons. The largest absolute Gasteiger partial charge is 0.425 e. The van der Waals surface area contributed by atoms with Gasteiger partial charge in [0, 0.05) is 6.66 Å². The van der Waals surface area contributed by atoms with Gasteiger partial charge in [-0.25, -0.2) is 4.57 Å². The Balaban J connectivity index is 1.77. The summed E-state index contributed by atoms with van der Waals surface area (Å²) in [5.41, 5.74) is 5.07. The zero-order valence-corrected chi connectivity index (χ0v) is 18.7. The molecule has 150 valence electrons. The average molecular weight is 391 g/mol. The van der Waals surface area contributed by atoms with Crippen molar-refractivity contribution < 1.29 is 14.0 Å². The van der Waals surface area contributed by atoms with Gasteiger partial charge in [0.1, 0.15) is 5.75 Å². The lowest BCUT2D eigenvalue weighted by Gasteiger charge is -2.61. The van der Waals surface area contributed by atoms with Crippen LogP contribution in [0.2, 0.25) is 0 Å². The third-order valence-electron chi connectivity index (χ3n) is 8.45. The Labute approximate surface area is 164 Å². The van der Waals surface area contributed by atoms with E-state index in [-0.39, 0.29) is 5.41 Å². The molecule has 1 N–H and O–H groups in total. The molecule has 0 amide bonds. The summed E-state index contributed by atoms with van der Waals surface area (Å²) >= 11 is 0. The Hall–Kier alpha value is -0.790. The van der Waals surface area contributed by atoms with Crippen LogP contribution < -0.4 is 4.52 Å². The zero-order chi connectivity index (χ0) is 19.8. The van der Waals surface area contributed by atoms with E-state index < -0.39 is 7.60 Å². The SMILES string of the molecule is Cc1cc(OP(C)(=O)O)cc2c1[C@]1(C)CC[C@H]3C(C)(C)CCC[C@]3(C)[C@H]1C2. The van der Waals surface area contributed by atoms with Gasteiger partial charge in [0.2, 0.25) is 0 Å². The molecule has 0 aliphatic heterocycles. The van der Waals surface area contributed by atoms with Crippen LogP contribution in [-0.4, -0.2) is 11.6 Å². The maximum absolute atomic E-state index is 11.8. The van der Waals surface area contributed by atoms with Crippen LogP contribution in [-0.2, 0) is 16.4 Å². The Kier molecular flexibility index (Phi) is 4.24. The maximum Gasteiger partial charge on any atom is 0.373 e. The van der Waals surface area contributed by atoms with Gasteiger partial charge in [0.05, 0.1) is 0 Å². The molecule has 0 aromatic heterocycles. The minimum atomic E-state index is -3.54. The fourth-order valence-electron chi connectivity index (χ4n) is 7.68. The second-order valence-electron chi connectivity index (χ2n) is 10.8. The molecule has 3 aliphatic carbocycles. The van der Waals surface area contributed by atoms with Crippen LogP contribution in [0.15, 0.2) is 12.1 Å². The topological polar surface area (TPSA) is 46.5 Å². The highest BCUT2D eigenvalue weighted by Crippen LogP contribution is 2.68. The average Bonchev–Trinajstić information content (AvgIpc) is 2.79. The number of hydrogen-bond acceptors (Lipinski definition) is 2. The molecule has 2 fully saturated rings. The normalized spacial score (nSPS) is 39.1. The molecule has 1 unspecified atom stereocenters. The van der Waals surface area contributed by atoms with Crippen molar-refractivity contribution in [2.45, 2.75) is 78.6 Å². The number of aryl methyl sites for hydroxylation is 1. The molecule has 2 saturated carbocycles. The first-order valence-electron chi connectivity index (χ1n) is 10.5. The first-order chi connectivity index (χ1) is 12.4. The fourth-order valence-corrected chi connectivity index (χ4v) is 8.17. The lowest BCUT2D eigenvalue weighted by Crippen LogP contribution is -2.55. The molecule has 0 saturated heterocycles. The molecule has 1 aromatic rings. The molecule has 4 rings (SSSR count). The summed E-state index contributed by atoms with van der Waals surface area (Å²) in [4.78, 5) is 9.65. The van der Waals surface area contributed by atoms with Gasteiger partial charge in [-0.2, -0.15) is 0 Å². The molecule has 3 nitrogen and oxygen atoms in total. The van der Waals surface area contributed by atoms with Crippen LogP contribution in [0.25, 0.3) is 0 Å². The van der Waals surface area contributed by atoms with Gasteiger partial charge < -0.3 is 9.42 Å². The second kappa shape index (κ2) is 5.86. The van der Waals surface area contributed by atoms with E-state index in [1.807, 2.05) is 12.1 Å². The minimum Gasteiger partial charge on any atom is -0.425 e. The molecule has 4 heteroatoms. The first kappa shape index (κ1) is 19.5. The molecular formula is C23H35O3P. The highest BCUT2D eigenvalue weighted by Gasteiger charge is 2.61. The molecule has 3 aliphatic rings. The second-order valence-corrected chi connectivity index (χ2v) is 12.6. The van der Waals surface area contributed by atoms with Crippen molar-refractivity contribution in [3.8, 4) is 5.75 Å². The molecule has 27 heavy (non-hydrogen) atoms. The van der Waals surface area contributed by atoms with Gasteiger partial charge in [-0.3, -0.25) is 0 Å². The minimum absolute atomic E-state index is 0.214. The molecule has 0 heterocycles. The highest BCUT2D eigenvalue weighted by atomic mass is 31.2. The van der Waals surface area contributed by atoms with Gasteiger partial charge in [-0.05, 0) is 95.9 Å². The van der Waals surface area contributed by atoms with Gasteiger partial charge in [-0.15, -0.1) is 0 Å². The Morgan fingerprint density at radius 1 is 1.11 bits per heavy atom. The summed E-state index contributed by atoms with van der Waals surface area (Å²) in [5.74, 6) is 1.98. The standard InChI is InChI=1S/C23H35O3P/c1-15-12-17(26-27(6,24)25)13-16-14-19-22(4)10-7-9-21(2,3)18(22)8-11-23(19,5)20(15)16/h12-13,18-19H,7-11,14H2,1-6H3,(H,24,25)/t18-,19+,22-,23+/m0/s1. The Bertz CT molecular complexity index is 823. The van der Waals surface area contributed by atoms with Crippen LogP contribution in [0.5, 0.6) is 5.75 Å². The van der Waals surface area contributed by atoms with Crippen LogP contribution in [0.4, 0.5) is 0 Å². The van der Waals surface area contributed by atoms with Crippen molar-refractivity contribution in [2.75, 3.05) is 6.66 Å². The predicted octanol–water partition coefficient (Wildman–Crippen LogP) is 6.25. The van der Waals surface area contributed by atoms with E-state index >= 15 is 0 Å². The van der Waals surface area contributed by atoms with E-state index in [0.29, 0.717) is 22.5 Å². The van der Waals surface area contributed by atoms with Crippen LogP contribution in [0, 0.1) is 29.6 Å². The van der Waals surface area contributed by atoms with Crippen molar-refractivity contribution in [3.63, 3.8) is 0 Å². The highest BCUT2D eigenvalue weighted by molar-refractivity contribution is 7.52. The Morgan fingerprint density at radius 2 is 1.81 bits per heavy atom. The molecule has 1 aromatic carbocycles. The van der Waals surface area contributed by atoms with Gasteiger partial charge in [0.15, 0.2) is 0 Å². The van der Waals surface area contributed by atoms with Gasteiger partial charge >= 0.3 is 7.60 Å². The van der Waals surface area contributed by atoms with Crippen molar-refractivity contribution >= 4 is 7.60 Å². The van der Waals surface area contributed by atoms with Crippen LogP contribution in [0.1, 0.15) is 76.5 Å². The maximum atomic E-state index is 11.8. The molecular weight excluding hydrogens is 355 g/mol. The van der Waals surface area contributed by atoms with Gasteiger partial charge in [0.25, 0.3) is 0 Å². The van der Waals surface area contributed by atoms with Crippen molar-refractivity contribution in [1.82, 2.24) is 0 Å². The third-order valence-corrected chi connectivity index (χ3v) is 9.00. The van der Waals surface area contributed by atoms with E-state index in [1.54, 1.807) is 0 Å². The molecule has 0 bridgehead atoms. The fraction of sp³-hybridized carbons (Fsp3) is 0.739. The molecule has 0 spiro atoms. The molecule has 5 atom stereocenters. The summed E-state index contributed by atoms with van der Waals surface area (Å²) in [6, 6.07) is 4.02. The van der Waals surface area contributed by atoms with Crippen molar-refractivity contribution in [3.05, 3.63) is 28.8 Å². The lowest BCUT2D eigenvalue weighted by molar-refractivity contribution is -0.0983. The summed E-state index contributed by atoms with van der Waals surface area (Å²) in [6.45, 7) is 13.4. The zero-order valence-electron chi connectivity index (χ0n) is 17.8. The third kappa shape index (κ3) is 2.92. The summed E-state index contributed by atoms with van der Waals surface area (Å²) in [5, 5.41) is 0. The summed E-state index contributed by atoms with van der Waals surface area (Å²) in [7, 11) is -3.54. The quantitative estimate of drug-likeness (QED) is 0.608. The van der Waals surface area contributed by atoms with Crippen LogP contribution >= 0.6 is 7.60 Å². The predicted molar refractivity (Wildman–Crippen MR) is 111 cm³/mol. The first-order valence-corrected chi connectivity index (χ1v) is 12.5. The van der Waals surface area contributed by atoms with E-state index in [9.17, 15) is 9.46 Å². The number of fused-ring (bicyclic) bond motifs is 5. The Morgan fingerprint density at radius 3 is 2.48 bits per heavy atom. The smallest absolute Gasteiger partial charge is 0.373 e. The number of rotatable bonds is 2. The van der Waals surface area contributed by atoms with E-state index in [1.165, 1.54) is 55.5 Å². The lowest BCUT2D eigenvalue weighted by atomic mass is 9.43.